The van der Waals surface area contributed by atoms with Gasteiger partial charge in [-0.15, -0.1) is 0 Å². The van der Waals surface area contributed by atoms with Crippen LogP contribution in [0.2, 0.25) is 0 Å². The Hall–Kier alpha value is -0.770. The summed E-state index contributed by atoms with van der Waals surface area (Å²) in [6.07, 6.45) is 0. The van der Waals surface area contributed by atoms with E-state index >= 15 is 0 Å². The fourth-order valence-corrected chi connectivity index (χ4v) is 0.753. The summed E-state index contributed by atoms with van der Waals surface area (Å²) in [5, 5.41) is 0. The molecule has 3 nitrogen and oxygen atoms in total. The maximum atomic E-state index is 10.3. The van der Waals surface area contributed by atoms with Crippen molar-refractivity contribution < 1.29 is 9.21 Å². The molecule has 1 heterocycles. The third-order valence-corrected chi connectivity index (χ3v) is 1.24. The number of carbonyl (C=O) groups excluding carboxylic acids is 1. The number of furan rings is 1. The summed E-state index contributed by atoms with van der Waals surface area (Å²) in [7, 11) is 0. The van der Waals surface area contributed by atoms with E-state index in [2.05, 4.69) is 15.9 Å². The summed E-state index contributed by atoms with van der Waals surface area (Å²) in [5.41, 5.74) is 4.87. The molecule has 0 aliphatic rings. The van der Waals surface area contributed by atoms with E-state index in [1.807, 2.05) is 0 Å². The lowest BCUT2D eigenvalue weighted by Crippen LogP contribution is -2.08. The largest absolute Gasteiger partial charge is 0.444 e. The van der Waals surface area contributed by atoms with E-state index in [4.69, 9.17) is 10.2 Å². The first-order valence-corrected chi connectivity index (χ1v) is 3.04. The van der Waals surface area contributed by atoms with Gasteiger partial charge in [0.1, 0.15) is 0 Å². The van der Waals surface area contributed by atoms with Gasteiger partial charge >= 0.3 is 0 Å². The number of rotatable bonds is 1. The zero-order valence-corrected chi connectivity index (χ0v) is 6.01. The Balaban J connectivity index is 2.98. The highest BCUT2D eigenvalue weighted by Gasteiger charge is 2.03. The first-order chi connectivity index (χ1) is 4.20. The Labute approximate surface area is 60.0 Å². The molecule has 0 saturated heterocycles. The molecule has 2 N–H and O–H groups in total. The summed E-state index contributed by atoms with van der Waals surface area (Å²) in [6, 6.07) is 3.12. The molecule has 0 atom stereocenters. The highest BCUT2D eigenvalue weighted by Crippen LogP contribution is 2.12. The van der Waals surface area contributed by atoms with E-state index in [1.165, 1.54) is 6.07 Å². The quantitative estimate of drug-likeness (QED) is 0.721. The Bertz CT molecular complexity index is 231. The summed E-state index contributed by atoms with van der Waals surface area (Å²) in [6.45, 7) is 0. The van der Waals surface area contributed by atoms with Gasteiger partial charge in [-0.3, -0.25) is 4.79 Å². The maximum Gasteiger partial charge on any atom is 0.284 e. The fourth-order valence-electron chi connectivity index (χ4n) is 0.447. The summed E-state index contributed by atoms with van der Waals surface area (Å²) < 4.78 is 5.30. The number of carbonyl (C=O) groups is 1. The van der Waals surface area contributed by atoms with Crippen LogP contribution in [0, 0.1) is 0 Å². The van der Waals surface area contributed by atoms with Gasteiger partial charge in [0.2, 0.25) is 0 Å². The Kier molecular flexibility index (Phi) is 1.57. The molecule has 9 heavy (non-hydrogen) atoms. The van der Waals surface area contributed by atoms with Crippen LogP contribution >= 0.6 is 15.9 Å². The van der Waals surface area contributed by atoms with Crippen LogP contribution in [0.15, 0.2) is 21.2 Å². The van der Waals surface area contributed by atoms with E-state index < -0.39 is 5.91 Å². The number of halogens is 1. The second-order valence-electron chi connectivity index (χ2n) is 1.47. The Morgan fingerprint density at radius 2 is 2.33 bits per heavy atom. The monoisotopic (exact) mass is 189 g/mol. The number of nitrogens with two attached hydrogens (primary N) is 1. The van der Waals surface area contributed by atoms with Crippen LogP contribution in [0.3, 0.4) is 0 Å². The van der Waals surface area contributed by atoms with Crippen molar-refractivity contribution in [3.05, 3.63) is 22.6 Å². The van der Waals surface area contributed by atoms with Crippen molar-refractivity contribution in [2.75, 3.05) is 0 Å². The molecule has 0 unspecified atom stereocenters. The number of amides is 1. The minimum Gasteiger partial charge on any atom is -0.444 e. The highest BCUT2D eigenvalue weighted by molar-refractivity contribution is 9.10. The molecule has 1 aromatic heterocycles. The van der Waals surface area contributed by atoms with Gasteiger partial charge in [0.15, 0.2) is 10.4 Å². The smallest absolute Gasteiger partial charge is 0.284 e. The highest BCUT2D eigenvalue weighted by atomic mass is 79.9. The summed E-state index contributed by atoms with van der Waals surface area (Å²) in [4.78, 5) is 10.3. The lowest BCUT2D eigenvalue weighted by atomic mass is 10.4. The van der Waals surface area contributed by atoms with Crippen LogP contribution in [-0.4, -0.2) is 5.91 Å². The van der Waals surface area contributed by atoms with Gasteiger partial charge in [0.05, 0.1) is 0 Å². The maximum absolute atomic E-state index is 10.3. The van der Waals surface area contributed by atoms with E-state index in [9.17, 15) is 4.79 Å². The molecule has 0 bridgehead atoms. The minimum absolute atomic E-state index is 0.168. The molecule has 0 aromatic carbocycles. The van der Waals surface area contributed by atoms with Gasteiger partial charge in [-0.1, -0.05) is 0 Å². The number of hydrogen-bond acceptors (Lipinski definition) is 2. The molecule has 1 amide bonds. The molecule has 0 fully saturated rings. The number of hydrogen-bond donors (Lipinski definition) is 1. The van der Waals surface area contributed by atoms with Crippen molar-refractivity contribution in [3.63, 3.8) is 0 Å². The molecule has 0 aliphatic carbocycles. The van der Waals surface area contributed by atoms with E-state index in [-0.39, 0.29) is 5.76 Å². The fraction of sp³-hybridized carbons (Fsp3) is 0. The molecule has 1 aromatic rings. The zero-order valence-electron chi connectivity index (χ0n) is 4.43. The normalized spacial score (nSPS) is 9.44. The molecule has 0 saturated carbocycles. The second-order valence-corrected chi connectivity index (χ2v) is 2.25. The van der Waals surface area contributed by atoms with Crippen LogP contribution in [-0.2, 0) is 0 Å². The van der Waals surface area contributed by atoms with Gasteiger partial charge in [-0.25, -0.2) is 0 Å². The first kappa shape index (κ1) is 6.35. The van der Waals surface area contributed by atoms with Crippen molar-refractivity contribution >= 4 is 21.8 Å². The van der Waals surface area contributed by atoms with Gasteiger partial charge in [0, 0.05) is 0 Å². The van der Waals surface area contributed by atoms with E-state index in [0.29, 0.717) is 4.67 Å². The Morgan fingerprint density at radius 1 is 1.67 bits per heavy atom. The first-order valence-electron chi connectivity index (χ1n) is 2.25. The molecule has 48 valence electrons. The van der Waals surface area contributed by atoms with Gasteiger partial charge in [-0.05, 0) is 28.1 Å². The third kappa shape index (κ3) is 1.32. The topological polar surface area (TPSA) is 56.2 Å². The van der Waals surface area contributed by atoms with Gasteiger partial charge in [-0.2, -0.15) is 0 Å². The molecule has 1 rings (SSSR count). The van der Waals surface area contributed by atoms with Crippen LogP contribution in [0.4, 0.5) is 0 Å². The standard InChI is InChI=1S/C5H4BrNO2/c6-4-2-1-3(9-4)5(7)8/h1-2H,(H2,7,8). The number of primary amides is 1. The van der Waals surface area contributed by atoms with Crippen molar-refractivity contribution in [1.82, 2.24) is 0 Å². The van der Waals surface area contributed by atoms with Crippen LogP contribution in [0.25, 0.3) is 0 Å². The van der Waals surface area contributed by atoms with Gasteiger partial charge in [0.25, 0.3) is 5.91 Å². The molecule has 0 aliphatic heterocycles. The Morgan fingerprint density at radius 3 is 2.56 bits per heavy atom. The SMILES string of the molecule is NC(=O)c1ccc(Br)o1. The molecule has 0 spiro atoms. The van der Waals surface area contributed by atoms with Crippen LogP contribution in [0.5, 0.6) is 0 Å². The van der Waals surface area contributed by atoms with Crippen molar-refractivity contribution in [2.45, 2.75) is 0 Å². The predicted molar refractivity (Wildman–Crippen MR) is 34.9 cm³/mol. The summed E-state index contributed by atoms with van der Waals surface area (Å²) in [5.74, 6) is -0.387. The zero-order chi connectivity index (χ0) is 6.85. The van der Waals surface area contributed by atoms with E-state index in [0.717, 1.165) is 0 Å². The third-order valence-electron chi connectivity index (χ3n) is 0.816. The second kappa shape index (κ2) is 2.23. The predicted octanol–water partition coefficient (Wildman–Crippen LogP) is 1.14. The molecular formula is C5H4BrNO2. The van der Waals surface area contributed by atoms with Crippen LogP contribution < -0.4 is 5.73 Å². The lowest BCUT2D eigenvalue weighted by molar-refractivity contribution is 0.0972. The molecule has 4 heteroatoms. The van der Waals surface area contributed by atoms with Gasteiger partial charge < -0.3 is 10.2 Å². The van der Waals surface area contributed by atoms with Crippen LogP contribution in [0.1, 0.15) is 10.6 Å². The van der Waals surface area contributed by atoms with Crippen molar-refractivity contribution in [2.24, 2.45) is 5.73 Å². The summed E-state index contributed by atoms with van der Waals surface area (Å²) >= 11 is 3.03. The minimum atomic E-state index is -0.555. The molecular weight excluding hydrogens is 186 g/mol. The van der Waals surface area contributed by atoms with Crippen molar-refractivity contribution in [1.29, 1.82) is 0 Å². The average Bonchev–Trinajstić information content (AvgIpc) is 2.14. The van der Waals surface area contributed by atoms with E-state index in [1.54, 1.807) is 6.07 Å². The lowest BCUT2D eigenvalue weighted by Gasteiger charge is -1.82. The molecule has 0 radical (unpaired) electrons. The average molecular weight is 190 g/mol. The van der Waals surface area contributed by atoms with Crippen molar-refractivity contribution in [3.8, 4) is 0 Å².